The number of anilines is 1. The fourth-order valence-electron chi connectivity index (χ4n) is 1.84. The SMILES string of the molecule is CCC(C)Oc1ccc(N2CC(=O)CC2=O)cc1. The average molecular weight is 247 g/mol. The van der Waals surface area contributed by atoms with Gasteiger partial charge in [-0.1, -0.05) is 6.92 Å². The van der Waals surface area contributed by atoms with Gasteiger partial charge in [0.25, 0.3) is 0 Å². The van der Waals surface area contributed by atoms with Crippen molar-refractivity contribution in [2.75, 3.05) is 11.4 Å². The summed E-state index contributed by atoms with van der Waals surface area (Å²) >= 11 is 0. The largest absolute Gasteiger partial charge is 0.491 e. The molecule has 0 bridgehead atoms. The van der Waals surface area contributed by atoms with Crippen LogP contribution < -0.4 is 9.64 Å². The van der Waals surface area contributed by atoms with Crippen molar-refractivity contribution in [1.29, 1.82) is 0 Å². The monoisotopic (exact) mass is 247 g/mol. The van der Waals surface area contributed by atoms with Gasteiger partial charge in [0, 0.05) is 5.69 Å². The molecule has 0 radical (unpaired) electrons. The molecule has 96 valence electrons. The van der Waals surface area contributed by atoms with Crippen LogP contribution in [-0.4, -0.2) is 24.3 Å². The molecule has 1 aromatic carbocycles. The molecule has 0 saturated carbocycles. The van der Waals surface area contributed by atoms with Crippen LogP contribution in [0.5, 0.6) is 5.75 Å². The van der Waals surface area contributed by atoms with E-state index >= 15 is 0 Å². The predicted octanol–water partition coefficient (Wildman–Crippen LogP) is 2.17. The number of hydrogen-bond donors (Lipinski definition) is 0. The van der Waals surface area contributed by atoms with Gasteiger partial charge in [0.05, 0.1) is 19.1 Å². The summed E-state index contributed by atoms with van der Waals surface area (Å²) in [6, 6.07) is 7.29. The van der Waals surface area contributed by atoms with E-state index in [-0.39, 0.29) is 30.8 Å². The maximum atomic E-state index is 11.6. The Morgan fingerprint density at radius 2 is 1.94 bits per heavy atom. The summed E-state index contributed by atoms with van der Waals surface area (Å²) in [7, 11) is 0. The molecule has 1 fully saturated rings. The Bertz CT molecular complexity index is 453. The second-order valence-electron chi connectivity index (χ2n) is 4.53. The van der Waals surface area contributed by atoms with Crippen LogP contribution in [0.25, 0.3) is 0 Å². The number of nitrogens with zero attached hydrogens (tertiary/aromatic N) is 1. The summed E-state index contributed by atoms with van der Waals surface area (Å²) in [5.74, 6) is 0.626. The molecule has 4 nitrogen and oxygen atoms in total. The minimum atomic E-state index is -0.129. The van der Waals surface area contributed by atoms with Crippen LogP contribution in [-0.2, 0) is 9.59 Å². The lowest BCUT2D eigenvalue weighted by Crippen LogP contribution is -2.24. The summed E-state index contributed by atoms with van der Waals surface area (Å²) in [5.41, 5.74) is 0.752. The zero-order valence-electron chi connectivity index (χ0n) is 10.7. The summed E-state index contributed by atoms with van der Waals surface area (Å²) < 4.78 is 5.66. The number of carbonyl (C=O) groups is 2. The first-order valence-corrected chi connectivity index (χ1v) is 6.19. The molecule has 1 heterocycles. The minimum absolute atomic E-state index is 0.0190. The van der Waals surface area contributed by atoms with Crippen molar-refractivity contribution >= 4 is 17.4 Å². The fourth-order valence-corrected chi connectivity index (χ4v) is 1.84. The molecule has 0 spiro atoms. The Balaban J connectivity index is 2.08. The molecule has 1 aliphatic heterocycles. The highest BCUT2D eigenvalue weighted by Crippen LogP contribution is 2.23. The number of amides is 1. The Hall–Kier alpha value is -1.84. The van der Waals surface area contributed by atoms with Gasteiger partial charge in [-0.2, -0.15) is 0 Å². The number of rotatable bonds is 4. The number of Topliss-reactive ketones (excluding diaryl/α,β-unsaturated/α-hetero) is 1. The third-order valence-corrected chi connectivity index (χ3v) is 3.04. The highest BCUT2D eigenvalue weighted by Gasteiger charge is 2.28. The van der Waals surface area contributed by atoms with Crippen molar-refractivity contribution in [3.63, 3.8) is 0 Å². The van der Waals surface area contributed by atoms with Crippen molar-refractivity contribution in [2.24, 2.45) is 0 Å². The summed E-state index contributed by atoms with van der Waals surface area (Å²) in [4.78, 5) is 24.3. The van der Waals surface area contributed by atoms with E-state index in [1.54, 1.807) is 0 Å². The molecule has 1 amide bonds. The lowest BCUT2D eigenvalue weighted by molar-refractivity contribution is -0.121. The Kier molecular flexibility index (Phi) is 3.65. The zero-order chi connectivity index (χ0) is 13.1. The number of hydrogen-bond acceptors (Lipinski definition) is 3. The molecule has 18 heavy (non-hydrogen) atoms. The van der Waals surface area contributed by atoms with Gasteiger partial charge in [-0.05, 0) is 37.6 Å². The van der Waals surface area contributed by atoms with Crippen LogP contribution >= 0.6 is 0 Å². The normalized spacial score (nSPS) is 17.1. The van der Waals surface area contributed by atoms with Gasteiger partial charge in [0.15, 0.2) is 5.78 Å². The Morgan fingerprint density at radius 1 is 1.28 bits per heavy atom. The molecule has 2 rings (SSSR count). The van der Waals surface area contributed by atoms with Crippen LogP contribution in [0, 0.1) is 0 Å². The molecule has 0 N–H and O–H groups in total. The van der Waals surface area contributed by atoms with Gasteiger partial charge in [0.1, 0.15) is 5.75 Å². The van der Waals surface area contributed by atoms with Crippen LogP contribution in [0.1, 0.15) is 26.7 Å². The average Bonchev–Trinajstić information content (AvgIpc) is 2.69. The summed E-state index contributed by atoms with van der Waals surface area (Å²) in [6.07, 6.45) is 1.14. The first kappa shape index (κ1) is 12.6. The number of ketones is 1. The molecule has 1 saturated heterocycles. The van der Waals surface area contributed by atoms with E-state index in [9.17, 15) is 9.59 Å². The van der Waals surface area contributed by atoms with Crippen molar-refractivity contribution < 1.29 is 14.3 Å². The Morgan fingerprint density at radius 3 is 2.44 bits per heavy atom. The lowest BCUT2D eigenvalue weighted by atomic mass is 10.2. The van der Waals surface area contributed by atoms with Gasteiger partial charge in [-0.25, -0.2) is 0 Å². The summed E-state index contributed by atoms with van der Waals surface area (Å²) in [5, 5.41) is 0. The van der Waals surface area contributed by atoms with E-state index < -0.39 is 0 Å². The smallest absolute Gasteiger partial charge is 0.234 e. The number of benzene rings is 1. The van der Waals surface area contributed by atoms with E-state index in [1.807, 2.05) is 31.2 Å². The minimum Gasteiger partial charge on any atom is -0.491 e. The van der Waals surface area contributed by atoms with Gasteiger partial charge in [-0.15, -0.1) is 0 Å². The van der Waals surface area contributed by atoms with Gasteiger partial charge in [0.2, 0.25) is 5.91 Å². The molecule has 0 aliphatic carbocycles. The first-order valence-electron chi connectivity index (χ1n) is 6.19. The van der Waals surface area contributed by atoms with Crippen molar-refractivity contribution in [3.05, 3.63) is 24.3 Å². The maximum absolute atomic E-state index is 11.6. The molecule has 1 atom stereocenters. The fraction of sp³-hybridized carbons (Fsp3) is 0.429. The third kappa shape index (κ3) is 2.70. The van der Waals surface area contributed by atoms with Gasteiger partial charge < -0.3 is 9.64 Å². The van der Waals surface area contributed by atoms with E-state index in [2.05, 4.69) is 6.92 Å². The first-order chi connectivity index (χ1) is 8.60. The molecule has 1 aromatic rings. The maximum Gasteiger partial charge on any atom is 0.234 e. The molecular formula is C14H17NO3. The number of ether oxygens (including phenoxy) is 1. The van der Waals surface area contributed by atoms with Crippen molar-refractivity contribution in [3.8, 4) is 5.75 Å². The Labute approximate surface area is 107 Å². The molecular weight excluding hydrogens is 230 g/mol. The molecule has 4 heteroatoms. The van der Waals surface area contributed by atoms with E-state index in [0.29, 0.717) is 0 Å². The standard InChI is InChI=1S/C14H17NO3/c1-3-10(2)18-13-6-4-11(5-7-13)15-9-12(16)8-14(15)17/h4-7,10H,3,8-9H2,1-2H3. The van der Waals surface area contributed by atoms with Crippen LogP contribution in [0.15, 0.2) is 24.3 Å². The number of carbonyl (C=O) groups excluding carboxylic acids is 2. The van der Waals surface area contributed by atoms with Crippen LogP contribution in [0.3, 0.4) is 0 Å². The molecule has 1 unspecified atom stereocenters. The van der Waals surface area contributed by atoms with Crippen molar-refractivity contribution in [1.82, 2.24) is 0 Å². The second kappa shape index (κ2) is 5.21. The van der Waals surface area contributed by atoms with Gasteiger partial charge in [-0.3, -0.25) is 9.59 Å². The van der Waals surface area contributed by atoms with E-state index in [4.69, 9.17) is 4.74 Å². The van der Waals surface area contributed by atoms with Crippen LogP contribution in [0.2, 0.25) is 0 Å². The summed E-state index contributed by atoms with van der Waals surface area (Å²) in [6.45, 7) is 4.26. The lowest BCUT2D eigenvalue weighted by Gasteiger charge is -2.16. The van der Waals surface area contributed by atoms with Crippen LogP contribution in [0.4, 0.5) is 5.69 Å². The quantitative estimate of drug-likeness (QED) is 0.766. The predicted molar refractivity (Wildman–Crippen MR) is 68.8 cm³/mol. The highest BCUT2D eigenvalue weighted by molar-refractivity contribution is 6.15. The van der Waals surface area contributed by atoms with Crippen molar-refractivity contribution in [2.45, 2.75) is 32.8 Å². The van der Waals surface area contributed by atoms with E-state index in [0.717, 1.165) is 17.9 Å². The second-order valence-corrected chi connectivity index (χ2v) is 4.53. The van der Waals surface area contributed by atoms with E-state index in [1.165, 1.54) is 4.90 Å². The van der Waals surface area contributed by atoms with Gasteiger partial charge >= 0.3 is 0 Å². The third-order valence-electron chi connectivity index (χ3n) is 3.04. The topological polar surface area (TPSA) is 46.6 Å². The highest BCUT2D eigenvalue weighted by atomic mass is 16.5. The zero-order valence-corrected chi connectivity index (χ0v) is 10.7. The molecule has 0 aromatic heterocycles. The molecule has 1 aliphatic rings.